The smallest absolute Gasteiger partial charge is 0.144 e. The molecule has 5 heteroatoms. The highest BCUT2D eigenvalue weighted by Crippen LogP contribution is 2.17. The summed E-state index contributed by atoms with van der Waals surface area (Å²) in [7, 11) is 0. The molecule has 17 heavy (non-hydrogen) atoms. The summed E-state index contributed by atoms with van der Waals surface area (Å²) >= 11 is 5.99. The zero-order valence-electron chi connectivity index (χ0n) is 9.70. The Morgan fingerprint density at radius 2 is 2.35 bits per heavy atom. The number of aromatic nitrogens is 3. The van der Waals surface area contributed by atoms with Gasteiger partial charge in [0.25, 0.3) is 0 Å². The van der Waals surface area contributed by atoms with E-state index in [4.69, 9.17) is 11.6 Å². The van der Waals surface area contributed by atoms with Crippen LogP contribution >= 0.6 is 11.6 Å². The van der Waals surface area contributed by atoms with Gasteiger partial charge in [-0.05, 0) is 37.5 Å². The Bertz CT molecular complexity index is 481. The lowest BCUT2D eigenvalue weighted by Crippen LogP contribution is -2.05. The number of nitrogens with zero attached hydrogens (tertiary/aromatic N) is 2. The summed E-state index contributed by atoms with van der Waals surface area (Å²) in [6.45, 7) is 2.88. The maximum absolute atomic E-state index is 5.99. The van der Waals surface area contributed by atoms with E-state index in [1.165, 1.54) is 5.56 Å². The molecule has 2 N–H and O–H groups in total. The van der Waals surface area contributed by atoms with Gasteiger partial charge in [-0.1, -0.05) is 11.6 Å². The number of hydrogen-bond acceptors (Lipinski definition) is 3. The van der Waals surface area contributed by atoms with Crippen molar-refractivity contribution in [3.05, 3.63) is 40.8 Å². The molecule has 0 saturated carbocycles. The molecule has 0 radical (unpaired) electrons. The van der Waals surface area contributed by atoms with Crippen LogP contribution in [-0.4, -0.2) is 21.7 Å². The molecule has 2 aromatic rings. The third kappa shape index (κ3) is 3.20. The van der Waals surface area contributed by atoms with Crippen LogP contribution in [0.3, 0.4) is 0 Å². The lowest BCUT2D eigenvalue weighted by Gasteiger charge is -2.06. The molecule has 4 nitrogen and oxygen atoms in total. The Hall–Kier alpha value is -1.55. The maximum Gasteiger partial charge on any atom is 0.144 e. The van der Waals surface area contributed by atoms with Crippen molar-refractivity contribution in [1.29, 1.82) is 0 Å². The molecule has 0 aliphatic heterocycles. The van der Waals surface area contributed by atoms with E-state index in [-0.39, 0.29) is 0 Å². The Morgan fingerprint density at radius 3 is 3.06 bits per heavy atom. The quantitative estimate of drug-likeness (QED) is 0.803. The van der Waals surface area contributed by atoms with E-state index in [2.05, 4.69) is 20.5 Å². The molecule has 0 fully saturated rings. The molecular weight excluding hydrogens is 236 g/mol. The number of rotatable bonds is 5. The monoisotopic (exact) mass is 250 g/mol. The first-order valence-corrected chi connectivity index (χ1v) is 5.98. The molecule has 2 heterocycles. The minimum atomic E-state index is 0.659. The number of anilines is 1. The van der Waals surface area contributed by atoms with E-state index in [1.807, 2.05) is 25.3 Å². The molecule has 2 aromatic heterocycles. The minimum absolute atomic E-state index is 0.659. The number of aryl methyl sites for hydroxylation is 2. The molecule has 2 rings (SSSR count). The number of halogens is 1. The van der Waals surface area contributed by atoms with Crippen LogP contribution in [0.15, 0.2) is 24.5 Å². The molecule has 0 atom stereocenters. The van der Waals surface area contributed by atoms with Crippen LogP contribution in [0, 0.1) is 6.92 Å². The van der Waals surface area contributed by atoms with Crippen molar-refractivity contribution in [2.24, 2.45) is 0 Å². The third-order valence-corrected chi connectivity index (χ3v) is 2.91. The van der Waals surface area contributed by atoms with Crippen molar-refractivity contribution in [3.8, 4) is 0 Å². The first-order chi connectivity index (χ1) is 8.27. The molecule has 90 valence electrons. The number of aromatic amines is 1. The number of pyridine rings is 1. The second-order valence-electron chi connectivity index (χ2n) is 3.88. The van der Waals surface area contributed by atoms with E-state index in [9.17, 15) is 0 Å². The summed E-state index contributed by atoms with van der Waals surface area (Å²) in [5, 5.41) is 10.8. The van der Waals surface area contributed by atoms with E-state index in [0.29, 0.717) is 5.02 Å². The van der Waals surface area contributed by atoms with Crippen LogP contribution in [0.1, 0.15) is 17.7 Å². The molecule has 0 unspecified atom stereocenters. The minimum Gasteiger partial charge on any atom is -0.369 e. The van der Waals surface area contributed by atoms with Gasteiger partial charge in [0.2, 0.25) is 0 Å². The van der Waals surface area contributed by atoms with Gasteiger partial charge in [-0.2, -0.15) is 5.10 Å². The zero-order valence-corrected chi connectivity index (χ0v) is 10.5. The lowest BCUT2D eigenvalue weighted by molar-refractivity contribution is 0.853. The first kappa shape index (κ1) is 11.9. The normalized spacial score (nSPS) is 10.5. The predicted molar refractivity (Wildman–Crippen MR) is 69.4 cm³/mol. The van der Waals surface area contributed by atoms with Crippen molar-refractivity contribution in [2.45, 2.75) is 19.8 Å². The Labute approximate surface area is 105 Å². The average molecular weight is 251 g/mol. The topological polar surface area (TPSA) is 53.6 Å². The van der Waals surface area contributed by atoms with Gasteiger partial charge in [0, 0.05) is 18.4 Å². The first-order valence-electron chi connectivity index (χ1n) is 5.60. The highest BCUT2D eigenvalue weighted by molar-refractivity contribution is 6.32. The molecule has 0 saturated heterocycles. The fourth-order valence-electron chi connectivity index (χ4n) is 1.63. The van der Waals surface area contributed by atoms with Crippen LogP contribution in [0.25, 0.3) is 0 Å². The standard InChI is InChI=1S/C12H15ClN4/c1-9-10(8-16-17-9)4-2-6-14-12-11(13)5-3-7-15-12/h3,5,7-8H,2,4,6H2,1H3,(H,14,15)(H,16,17). The van der Waals surface area contributed by atoms with Crippen molar-refractivity contribution < 1.29 is 0 Å². The Morgan fingerprint density at radius 1 is 1.47 bits per heavy atom. The van der Waals surface area contributed by atoms with E-state index < -0.39 is 0 Å². The van der Waals surface area contributed by atoms with Crippen LogP contribution in [0.2, 0.25) is 5.02 Å². The molecule has 0 aliphatic carbocycles. The van der Waals surface area contributed by atoms with Crippen LogP contribution < -0.4 is 5.32 Å². The summed E-state index contributed by atoms with van der Waals surface area (Å²) in [5.74, 6) is 0.748. The molecule has 0 spiro atoms. The average Bonchev–Trinajstić information content (AvgIpc) is 2.73. The number of nitrogens with one attached hydrogen (secondary N) is 2. The summed E-state index contributed by atoms with van der Waals surface area (Å²) in [4.78, 5) is 4.17. The van der Waals surface area contributed by atoms with Gasteiger partial charge in [0.15, 0.2) is 0 Å². The molecule has 0 aromatic carbocycles. The number of hydrogen-bond donors (Lipinski definition) is 2. The molecular formula is C12H15ClN4. The van der Waals surface area contributed by atoms with E-state index in [1.54, 1.807) is 6.20 Å². The summed E-state index contributed by atoms with van der Waals surface area (Å²) in [5.41, 5.74) is 2.40. The van der Waals surface area contributed by atoms with Crippen molar-refractivity contribution in [2.75, 3.05) is 11.9 Å². The fourth-order valence-corrected chi connectivity index (χ4v) is 1.82. The number of H-pyrrole nitrogens is 1. The Kier molecular flexibility index (Phi) is 3.98. The van der Waals surface area contributed by atoms with Crippen LogP contribution in [0.4, 0.5) is 5.82 Å². The Balaban J connectivity index is 1.77. The van der Waals surface area contributed by atoms with Gasteiger partial charge in [0.05, 0.1) is 11.2 Å². The third-order valence-electron chi connectivity index (χ3n) is 2.61. The highest BCUT2D eigenvalue weighted by atomic mass is 35.5. The van der Waals surface area contributed by atoms with E-state index in [0.717, 1.165) is 30.9 Å². The summed E-state index contributed by atoms with van der Waals surface area (Å²) < 4.78 is 0. The van der Waals surface area contributed by atoms with Gasteiger partial charge in [-0.25, -0.2) is 4.98 Å². The van der Waals surface area contributed by atoms with Crippen LogP contribution in [-0.2, 0) is 6.42 Å². The lowest BCUT2D eigenvalue weighted by atomic mass is 10.1. The zero-order chi connectivity index (χ0) is 12.1. The molecule has 0 bridgehead atoms. The van der Waals surface area contributed by atoms with Crippen molar-refractivity contribution in [1.82, 2.24) is 15.2 Å². The SMILES string of the molecule is Cc1[nH]ncc1CCCNc1ncccc1Cl. The fraction of sp³-hybridized carbons (Fsp3) is 0.333. The van der Waals surface area contributed by atoms with Crippen molar-refractivity contribution in [3.63, 3.8) is 0 Å². The predicted octanol–water partition coefficient (Wildman–Crippen LogP) is 2.81. The van der Waals surface area contributed by atoms with Crippen LogP contribution in [0.5, 0.6) is 0 Å². The van der Waals surface area contributed by atoms with Gasteiger partial charge >= 0.3 is 0 Å². The van der Waals surface area contributed by atoms with Gasteiger partial charge < -0.3 is 5.32 Å². The maximum atomic E-state index is 5.99. The van der Waals surface area contributed by atoms with Gasteiger partial charge in [-0.3, -0.25) is 5.10 Å². The second-order valence-corrected chi connectivity index (χ2v) is 4.29. The van der Waals surface area contributed by atoms with Gasteiger partial charge in [0.1, 0.15) is 5.82 Å². The summed E-state index contributed by atoms with van der Waals surface area (Å²) in [6, 6.07) is 3.65. The van der Waals surface area contributed by atoms with E-state index >= 15 is 0 Å². The molecule has 0 amide bonds. The van der Waals surface area contributed by atoms with Crippen molar-refractivity contribution >= 4 is 17.4 Å². The second kappa shape index (κ2) is 5.68. The largest absolute Gasteiger partial charge is 0.369 e. The van der Waals surface area contributed by atoms with Gasteiger partial charge in [-0.15, -0.1) is 0 Å². The highest BCUT2D eigenvalue weighted by Gasteiger charge is 2.01. The summed E-state index contributed by atoms with van der Waals surface area (Å²) in [6.07, 6.45) is 5.63. The molecule has 0 aliphatic rings.